The van der Waals surface area contributed by atoms with E-state index in [0.717, 1.165) is 6.42 Å². The molecule has 1 rings (SSSR count). The van der Waals surface area contributed by atoms with Gasteiger partial charge in [-0.15, -0.1) is 0 Å². The summed E-state index contributed by atoms with van der Waals surface area (Å²) in [5.74, 6) is -0.845. The Kier molecular flexibility index (Phi) is 5.80. The number of carbonyl (C=O) groups excluding carboxylic acids is 1. The second-order valence-electron chi connectivity index (χ2n) is 6.09. The Bertz CT molecular complexity index is 355. The van der Waals surface area contributed by atoms with Crippen LogP contribution in [0, 0.1) is 0 Å². The van der Waals surface area contributed by atoms with E-state index < -0.39 is 11.6 Å². The van der Waals surface area contributed by atoms with Gasteiger partial charge in [-0.05, 0) is 40.0 Å². The quantitative estimate of drug-likeness (QED) is 0.803. The smallest absolute Gasteiger partial charge is 0.320 e. The topological polar surface area (TPSA) is 81.1 Å². The molecule has 2 amide bonds. The highest BCUT2D eigenvalue weighted by Crippen LogP contribution is 2.22. The van der Waals surface area contributed by atoms with Crippen LogP contribution in [0.4, 0.5) is 4.79 Å². The van der Waals surface area contributed by atoms with E-state index in [1.165, 1.54) is 0 Å². The molecule has 0 bridgehead atoms. The Morgan fingerprint density at radius 3 is 2.55 bits per heavy atom. The summed E-state index contributed by atoms with van der Waals surface area (Å²) in [4.78, 5) is 26.4. The average Bonchev–Trinajstić information content (AvgIpc) is 2.31. The molecular weight excluding hydrogens is 260 g/mol. The van der Waals surface area contributed by atoms with Crippen molar-refractivity contribution in [3.63, 3.8) is 0 Å². The number of hydrogen-bond donors (Lipinski definition) is 2. The molecule has 1 heterocycles. The lowest BCUT2D eigenvalue weighted by atomic mass is 9.95. The van der Waals surface area contributed by atoms with E-state index in [9.17, 15) is 14.7 Å². The minimum atomic E-state index is -0.845. The van der Waals surface area contributed by atoms with Crippen molar-refractivity contribution in [2.24, 2.45) is 0 Å². The molecule has 1 unspecified atom stereocenters. The number of carboxylic acids is 1. The van der Waals surface area contributed by atoms with Crippen molar-refractivity contribution >= 4 is 12.0 Å². The largest absolute Gasteiger partial charge is 0.481 e. The fraction of sp³-hybridized carbons (Fsp3) is 0.857. The van der Waals surface area contributed by atoms with E-state index in [2.05, 4.69) is 0 Å². The number of likely N-dealkylation sites (tertiary alicyclic amines) is 1. The predicted octanol–water partition coefficient (Wildman–Crippen LogP) is 1.53. The number of amides is 2. The number of aliphatic carboxylic acids is 1. The predicted molar refractivity (Wildman–Crippen MR) is 75.5 cm³/mol. The lowest BCUT2D eigenvalue weighted by Gasteiger charge is -2.40. The van der Waals surface area contributed by atoms with Crippen LogP contribution in [-0.4, -0.2) is 63.3 Å². The number of aliphatic hydroxyl groups is 1. The second kappa shape index (κ2) is 6.92. The van der Waals surface area contributed by atoms with Crippen molar-refractivity contribution in [2.45, 2.75) is 58.1 Å². The zero-order valence-electron chi connectivity index (χ0n) is 12.6. The van der Waals surface area contributed by atoms with Crippen molar-refractivity contribution in [3.05, 3.63) is 0 Å². The number of β-amino-alcohol motifs (C(OH)–C–C–N with tert-alkyl or cyclic N) is 1. The molecule has 1 fully saturated rings. The summed E-state index contributed by atoms with van der Waals surface area (Å²) in [7, 11) is 0. The van der Waals surface area contributed by atoms with Gasteiger partial charge in [0.2, 0.25) is 0 Å². The molecule has 0 saturated carbocycles. The Morgan fingerprint density at radius 1 is 1.40 bits per heavy atom. The maximum atomic E-state index is 12.5. The van der Waals surface area contributed by atoms with Crippen molar-refractivity contribution in [1.29, 1.82) is 0 Å². The molecule has 0 aromatic heterocycles. The van der Waals surface area contributed by atoms with Gasteiger partial charge in [0.15, 0.2) is 0 Å². The van der Waals surface area contributed by atoms with Gasteiger partial charge >= 0.3 is 12.0 Å². The van der Waals surface area contributed by atoms with Gasteiger partial charge in [-0.3, -0.25) is 4.79 Å². The van der Waals surface area contributed by atoms with Gasteiger partial charge in [0, 0.05) is 25.6 Å². The van der Waals surface area contributed by atoms with Gasteiger partial charge < -0.3 is 20.0 Å². The zero-order valence-corrected chi connectivity index (χ0v) is 12.6. The number of hydrogen-bond acceptors (Lipinski definition) is 3. The monoisotopic (exact) mass is 286 g/mol. The molecule has 0 radical (unpaired) electrons. The number of nitrogens with zero attached hydrogens (tertiary/aromatic N) is 2. The van der Waals surface area contributed by atoms with Crippen LogP contribution in [0.5, 0.6) is 0 Å². The summed E-state index contributed by atoms with van der Waals surface area (Å²) in [5.41, 5.74) is -0.822. The number of rotatable bonds is 5. The molecule has 0 aromatic rings. The Labute approximate surface area is 120 Å². The average molecular weight is 286 g/mol. The molecule has 6 nitrogen and oxygen atoms in total. The Morgan fingerprint density at radius 2 is 2.05 bits per heavy atom. The van der Waals surface area contributed by atoms with Crippen LogP contribution < -0.4 is 0 Å². The van der Waals surface area contributed by atoms with Gasteiger partial charge in [0.05, 0.1) is 12.1 Å². The molecule has 1 atom stereocenters. The first-order valence-electron chi connectivity index (χ1n) is 7.22. The van der Waals surface area contributed by atoms with E-state index in [1.807, 2.05) is 13.8 Å². The molecule has 1 aliphatic rings. The molecule has 0 aliphatic carbocycles. The summed E-state index contributed by atoms with van der Waals surface area (Å²) >= 11 is 0. The lowest BCUT2D eigenvalue weighted by Crippen LogP contribution is -2.54. The first-order valence-corrected chi connectivity index (χ1v) is 7.22. The molecule has 20 heavy (non-hydrogen) atoms. The number of carboxylic acid groups (broad SMARTS) is 1. The van der Waals surface area contributed by atoms with Crippen LogP contribution in [0.2, 0.25) is 0 Å². The molecule has 1 aliphatic heterocycles. The summed E-state index contributed by atoms with van der Waals surface area (Å²) in [6.45, 7) is 7.00. The highest BCUT2D eigenvalue weighted by molar-refractivity contribution is 5.75. The fourth-order valence-electron chi connectivity index (χ4n) is 2.54. The minimum Gasteiger partial charge on any atom is -0.481 e. The maximum Gasteiger partial charge on any atom is 0.320 e. The summed E-state index contributed by atoms with van der Waals surface area (Å²) in [5, 5.41) is 18.7. The summed E-state index contributed by atoms with van der Waals surface area (Å²) in [6, 6.07) is -0.0893. The van der Waals surface area contributed by atoms with Crippen LogP contribution >= 0.6 is 0 Å². The van der Waals surface area contributed by atoms with E-state index in [4.69, 9.17) is 5.11 Å². The third kappa shape index (κ3) is 5.00. The van der Waals surface area contributed by atoms with E-state index in [-0.39, 0.29) is 18.5 Å². The van der Waals surface area contributed by atoms with Gasteiger partial charge in [0.1, 0.15) is 0 Å². The van der Waals surface area contributed by atoms with Gasteiger partial charge in [-0.2, -0.15) is 0 Å². The van der Waals surface area contributed by atoms with E-state index in [0.29, 0.717) is 32.5 Å². The van der Waals surface area contributed by atoms with Crippen LogP contribution in [0.3, 0.4) is 0 Å². The highest BCUT2D eigenvalue weighted by atomic mass is 16.4. The number of carbonyl (C=O) groups is 2. The molecule has 2 N–H and O–H groups in total. The van der Waals surface area contributed by atoms with E-state index in [1.54, 1.807) is 16.7 Å². The molecular formula is C14H26N2O4. The summed E-state index contributed by atoms with van der Waals surface area (Å²) in [6.07, 6.45) is 2.01. The zero-order chi connectivity index (χ0) is 15.3. The first kappa shape index (κ1) is 16.8. The lowest BCUT2D eigenvalue weighted by molar-refractivity contribution is -0.137. The van der Waals surface area contributed by atoms with E-state index >= 15 is 0 Å². The van der Waals surface area contributed by atoms with Crippen molar-refractivity contribution < 1.29 is 19.8 Å². The highest BCUT2D eigenvalue weighted by Gasteiger charge is 2.33. The SMILES string of the molecule is CC(C)N(CCCC(=O)O)C(=O)N1CCCC(C)(O)C1. The fourth-order valence-corrected chi connectivity index (χ4v) is 2.54. The molecule has 1 saturated heterocycles. The standard InChI is InChI=1S/C14H26N2O4/c1-11(2)16(9-4-6-12(17)18)13(19)15-8-5-7-14(3,20)10-15/h11,20H,4-10H2,1-3H3,(H,17,18). The van der Waals surface area contributed by atoms with Gasteiger partial charge in [-0.1, -0.05) is 0 Å². The minimum absolute atomic E-state index is 0.0168. The van der Waals surface area contributed by atoms with Gasteiger partial charge in [-0.25, -0.2) is 4.79 Å². The van der Waals surface area contributed by atoms with Crippen LogP contribution in [0.15, 0.2) is 0 Å². The first-order chi connectivity index (χ1) is 9.23. The van der Waals surface area contributed by atoms with Gasteiger partial charge in [0.25, 0.3) is 0 Å². The van der Waals surface area contributed by atoms with Crippen LogP contribution in [-0.2, 0) is 4.79 Å². The van der Waals surface area contributed by atoms with Crippen molar-refractivity contribution in [1.82, 2.24) is 9.80 Å². The molecule has 6 heteroatoms. The van der Waals surface area contributed by atoms with Crippen LogP contribution in [0.1, 0.15) is 46.5 Å². The second-order valence-corrected chi connectivity index (χ2v) is 6.09. The molecule has 0 aromatic carbocycles. The molecule has 116 valence electrons. The van der Waals surface area contributed by atoms with Crippen molar-refractivity contribution in [2.75, 3.05) is 19.6 Å². The molecule has 0 spiro atoms. The number of urea groups is 1. The third-order valence-electron chi connectivity index (χ3n) is 3.60. The van der Waals surface area contributed by atoms with Crippen LogP contribution in [0.25, 0.3) is 0 Å². The maximum absolute atomic E-state index is 12.5. The Hall–Kier alpha value is -1.30. The number of piperidine rings is 1. The Balaban J connectivity index is 2.61. The van der Waals surface area contributed by atoms with Crippen molar-refractivity contribution in [3.8, 4) is 0 Å². The summed E-state index contributed by atoms with van der Waals surface area (Å²) < 4.78 is 0. The normalized spacial score (nSPS) is 22.9. The third-order valence-corrected chi connectivity index (χ3v) is 3.60.